The molecule has 1 fully saturated rings. The maximum absolute atomic E-state index is 12.9. The number of halogens is 1. The number of methoxy groups -OCH3 is 1. The molecule has 0 N–H and O–H groups in total. The summed E-state index contributed by atoms with van der Waals surface area (Å²) in [4.78, 5) is 21.3. The number of piperazine rings is 1. The monoisotopic (exact) mass is 389 g/mol. The predicted octanol–water partition coefficient (Wildman–Crippen LogP) is 3.49. The van der Waals surface area contributed by atoms with Crippen LogP contribution >= 0.6 is 11.6 Å². The molecule has 2 heterocycles. The predicted molar refractivity (Wildman–Crippen MR) is 106 cm³/mol. The number of ether oxygens (including phenoxy) is 2. The Morgan fingerprint density at radius 3 is 2.63 bits per heavy atom. The van der Waals surface area contributed by atoms with E-state index in [4.69, 9.17) is 21.1 Å². The molecule has 0 saturated carbocycles. The van der Waals surface area contributed by atoms with Crippen molar-refractivity contribution in [2.75, 3.05) is 44.8 Å². The van der Waals surface area contributed by atoms with E-state index in [2.05, 4.69) is 9.88 Å². The fraction of sp³-hybridized carbons (Fsp3) is 0.400. The van der Waals surface area contributed by atoms with Crippen LogP contribution in [0.1, 0.15) is 23.7 Å². The summed E-state index contributed by atoms with van der Waals surface area (Å²) in [5.74, 6) is 1.84. The smallest absolute Gasteiger partial charge is 0.254 e. The Morgan fingerprint density at radius 1 is 1.22 bits per heavy atom. The molecule has 0 bridgehead atoms. The third-order valence-electron chi connectivity index (χ3n) is 4.47. The van der Waals surface area contributed by atoms with E-state index in [9.17, 15) is 4.79 Å². The Labute approximate surface area is 164 Å². The van der Waals surface area contributed by atoms with E-state index >= 15 is 0 Å². The van der Waals surface area contributed by atoms with Gasteiger partial charge in [-0.15, -0.1) is 0 Å². The van der Waals surface area contributed by atoms with Crippen molar-refractivity contribution in [3.05, 3.63) is 47.1 Å². The lowest BCUT2D eigenvalue weighted by molar-refractivity contribution is 0.0746. The summed E-state index contributed by atoms with van der Waals surface area (Å²) >= 11 is 6.34. The Balaban J connectivity index is 1.70. The summed E-state index contributed by atoms with van der Waals surface area (Å²) in [5, 5.41) is 0.387. The van der Waals surface area contributed by atoms with Crippen molar-refractivity contribution < 1.29 is 14.3 Å². The van der Waals surface area contributed by atoms with Gasteiger partial charge in [-0.3, -0.25) is 4.79 Å². The molecule has 1 saturated heterocycles. The Morgan fingerprint density at radius 2 is 2.00 bits per heavy atom. The van der Waals surface area contributed by atoms with Crippen molar-refractivity contribution in [3.8, 4) is 11.5 Å². The maximum Gasteiger partial charge on any atom is 0.254 e. The van der Waals surface area contributed by atoms with Gasteiger partial charge in [0.1, 0.15) is 5.82 Å². The molecular weight excluding hydrogens is 366 g/mol. The molecule has 7 heteroatoms. The molecule has 1 aromatic carbocycles. The minimum absolute atomic E-state index is 0.0575. The number of nitrogens with zero attached hydrogens (tertiary/aromatic N) is 3. The van der Waals surface area contributed by atoms with Gasteiger partial charge >= 0.3 is 0 Å². The number of amides is 1. The van der Waals surface area contributed by atoms with E-state index in [-0.39, 0.29) is 5.91 Å². The number of benzene rings is 1. The summed E-state index contributed by atoms with van der Waals surface area (Å²) in [6, 6.07) is 9.20. The van der Waals surface area contributed by atoms with Crippen LogP contribution in [0.3, 0.4) is 0 Å². The molecule has 0 unspecified atom stereocenters. The summed E-state index contributed by atoms with van der Waals surface area (Å²) in [6.45, 7) is 5.30. The second-order valence-electron chi connectivity index (χ2n) is 6.31. The molecule has 1 aromatic heterocycles. The van der Waals surface area contributed by atoms with E-state index in [1.807, 2.05) is 30.0 Å². The van der Waals surface area contributed by atoms with Gasteiger partial charge in [-0.2, -0.15) is 0 Å². The number of hydrogen-bond acceptors (Lipinski definition) is 5. The van der Waals surface area contributed by atoms with Gasteiger partial charge in [0.25, 0.3) is 5.91 Å². The van der Waals surface area contributed by atoms with Gasteiger partial charge in [0.2, 0.25) is 0 Å². The number of aromatic nitrogens is 1. The van der Waals surface area contributed by atoms with Gasteiger partial charge in [-0.05, 0) is 30.7 Å². The van der Waals surface area contributed by atoms with E-state index in [1.165, 1.54) is 0 Å². The van der Waals surface area contributed by atoms with E-state index in [0.717, 1.165) is 25.3 Å². The molecule has 144 valence electrons. The number of carbonyl (C=O) groups is 1. The Hall–Kier alpha value is -2.47. The maximum atomic E-state index is 12.9. The van der Waals surface area contributed by atoms with Crippen molar-refractivity contribution >= 4 is 23.3 Å². The SMILES string of the molecule is CCCOc1c(Cl)cc(C(=O)N2CCN(c3ccccn3)CC2)cc1OC. The van der Waals surface area contributed by atoms with Crippen LogP contribution in [0.25, 0.3) is 0 Å². The molecule has 1 aliphatic heterocycles. The Bertz CT molecular complexity index is 778. The van der Waals surface area contributed by atoms with Crippen LogP contribution in [-0.4, -0.2) is 55.7 Å². The van der Waals surface area contributed by atoms with E-state index in [1.54, 1.807) is 25.4 Å². The van der Waals surface area contributed by atoms with E-state index in [0.29, 0.717) is 41.8 Å². The molecule has 0 spiro atoms. The average Bonchev–Trinajstić information content (AvgIpc) is 2.72. The third kappa shape index (κ3) is 4.45. The van der Waals surface area contributed by atoms with Crippen molar-refractivity contribution in [3.63, 3.8) is 0 Å². The molecule has 27 heavy (non-hydrogen) atoms. The van der Waals surface area contributed by atoms with Gasteiger partial charge in [-0.1, -0.05) is 24.6 Å². The highest BCUT2D eigenvalue weighted by Crippen LogP contribution is 2.37. The molecule has 0 radical (unpaired) electrons. The highest BCUT2D eigenvalue weighted by atomic mass is 35.5. The van der Waals surface area contributed by atoms with Gasteiger partial charge in [0.05, 0.1) is 18.7 Å². The highest BCUT2D eigenvalue weighted by molar-refractivity contribution is 6.32. The second-order valence-corrected chi connectivity index (χ2v) is 6.71. The molecule has 2 aromatic rings. The second kappa shape index (κ2) is 8.95. The van der Waals surface area contributed by atoms with Crippen molar-refractivity contribution in [1.29, 1.82) is 0 Å². The zero-order valence-electron chi connectivity index (χ0n) is 15.7. The van der Waals surface area contributed by atoms with Gasteiger partial charge in [0.15, 0.2) is 11.5 Å². The molecule has 1 amide bonds. The van der Waals surface area contributed by atoms with Crippen LogP contribution in [0.2, 0.25) is 5.02 Å². The van der Waals surface area contributed by atoms with Crippen LogP contribution < -0.4 is 14.4 Å². The van der Waals surface area contributed by atoms with Crippen LogP contribution in [-0.2, 0) is 0 Å². The highest BCUT2D eigenvalue weighted by Gasteiger charge is 2.24. The first-order chi connectivity index (χ1) is 13.1. The Kier molecular flexibility index (Phi) is 6.40. The minimum Gasteiger partial charge on any atom is -0.493 e. The van der Waals surface area contributed by atoms with Crippen molar-refractivity contribution in [1.82, 2.24) is 9.88 Å². The zero-order valence-corrected chi connectivity index (χ0v) is 16.4. The zero-order chi connectivity index (χ0) is 19.2. The lowest BCUT2D eigenvalue weighted by atomic mass is 10.1. The first kappa shape index (κ1) is 19.3. The molecule has 0 atom stereocenters. The summed E-state index contributed by atoms with van der Waals surface area (Å²) in [7, 11) is 1.55. The number of anilines is 1. The summed E-state index contributed by atoms with van der Waals surface area (Å²) < 4.78 is 11.0. The molecule has 0 aliphatic carbocycles. The van der Waals surface area contributed by atoms with Crippen LogP contribution in [0.15, 0.2) is 36.5 Å². The fourth-order valence-corrected chi connectivity index (χ4v) is 3.31. The molecule has 1 aliphatic rings. The lowest BCUT2D eigenvalue weighted by Crippen LogP contribution is -2.49. The van der Waals surface area contributed by atoms with Gasteiger partial charge in [0, 0.05) is 37.9 Å². The quantitative estimate of drug-likeness (QED) is 0.756. The molecule has 3 rings (SSSR count). The van der Waals surface area contributed by atoms with Crippen molar-refractivity contribution in [2.24, 2.45) is 0 Å². The van der Waals surface area contributed by atoms with E-state index < -0.39 is 0 Å². The topological polar surface area (TPSA) is 54.9 Å². The molecular formula is C20H24ClN3O3. The fourth-order valence-electron chi connectivity index (χ4n) is 3.05. The minimum atomic E-state index is -0.0575. The normalized spacial score (nSPS) is 14.2. The van der Waals surface area contributed by atoms with Crippen LogP contribution in [0, 0.1) is 0 Å². The lowest BCUT2D eigenvalue weighted by Gasteiger charge is -2.35. The van der Waals surface area contributed by atoms with Crippen molar-refractivity contribution in [2.45, 2.75) is 13.3 Å². The summed E-state index contributed by atoms with van der Waals surface area (Å²) in [6.07, 6.45) is 2.64. The summed E-state index contributed by atoms with van der Waals surface area (Å²) in [5.41, 5.74) is 0.506. The standard InChI is InChI=1S/C20H24ClN3O3/c1-3-12-27-19-16(21)13-15(14-17(19)26-2)20(25)24-10-8-23(9-11-24)18-6-4-5-7-22-18/h4-7,13-14H,3,8-12H2,1-2H3. The molecule has 6 nitrogen and oxygen atoms in total. The first-order valence-electron chi connectivity index (χ1n) is 9.09. The first-order valence-corrected chi connectivity index (χ1v) is 9.47. The van der Waals surface area contributed by atoms with Crippen LogP contribution in [0.4, 0.5) is 5.82 Å². The number of carbonyl (C=O) groups excluding carboxylic acids is 1. The average molecular weight is 390 g/mol. The van der Waals surface area contributed by atoms with Gasteiger partial charge < -0.3 is 19.3 Å². The number of pyridine rings is 1. The van der Waals surface area contributed by atoms with Crippen LogP contribution in [0.5, 0.6) is 11.5 Å². The van der Waals surface area contributed by atoms with Gasteiger partial charge in [-0.25, -0.2) is 4.98 Å². The largest absolute Gasteiger partial charge is 0.493 e. The number of hydrogen-bond donors (Lipinski definition) is 0. The third-order valence-corrected chi connectivity index (χ3v) is 4.75. The number of rotatable bonds is 6.